The molecule has 1 aliphatic rings. The molecule has 1 saturated heterocycles. The number of halogens is 2. The molecule has 11 heteroatoms. The molecule has 2 amide bonds. The van der Waals surface area contributed by atoms with Crippen LogP contribution in [0.3, 0.4) is 0 Å². The van der Waals surface area contributed by atoms with Gasteiger partial charge in [-0.3, -0.25) is 19.3 Å². The van der Waals surface area contributed by atoms with Gasteiger partial charge in [-0.15, -0.1) is 0 Å². The Bertz CT molecular complexity index is 781. The topological polar surface area (TPSA) is 97.0 Å². The van der Waals surface area contributed by atoms with E-state index in [-0.39, 0.29) is 29.6 Å². The fraction of sp³-hybridized carbons (Fsp3) is 0.526. The Kier molecular flexibility index (Phi) is 9.42. The van der Waals surface area contributed by atoms with Crippen LogP contribution in [0.1, 0.15) is 30.6 Å². The van der Waals surface area contributed by atoms with Crippen LogP contribution in [0, 0.1) is 5.92 Å². The van der Waals surface area contributed by atoms with Gasteiger partial charge in [-0.25, -0.2) is 0 Å². The lowest BCUT2D eigenvalue weighted by Gasteiger charge is -2.29. The minimum atomic E-state index is -0.893. The third-order valence-corrected chi connectivity index (χ3v) is 4.95. The predicted molar refractivity (Wildman–Crippen MR) is 115 cm³/mol. The van der Waals surface area contributed by atoms with E-state index in [4.69, 9.17) is 32.5 Å². The van der Waals surface area contributed by atoms with Gasteiger partial charge in [0.25, 0.3) is 5.91 Å². The lowest BCUT2D eigenvalue weighted by Crippen LogP contribution is -2.54. The van der Waals surface area contributed by atoms with E-state index in [0.717, 1.165) is 0 Å². The Morgan fingerprint density at radius 2 is 2.03 bits per heavy atom. The van der Waals surface area contributed by atoms with Gasteiger partial charge in [0.05, 0.1) is 29.6 Å². The van der Waals surface area contributed by atoms with Gasteiger partial charge >= 0.3 is 13.1 Å². The summed E-state index contributed by atoms with van der Waals surface area (Å²) in [5.41, 5.74) is 0.178. The van der Waals surface area contributed by atoms with Gasteiger partial charge in [-0.2, -0.15) is 0 Å². The molecule has 8 nitrogen and oxygen atoms in total. The number of benzene rings is 1. The van der Waals surface area contributed by atoms with Crippen molar-refractivity contribution in [2.45, 2.75) is 26.2 Å². The lowest BCUT2D eigenvalue weighted by atomic mass is 9.73. The first-order valence-electron chi connectivity index (χ1n) is 9.68. The standard InChI is InChI=1S/C19H26BCl2N3O5/c1-12(2)8-16(20-29-7-6-25(3)11-18(27)30-20)24-17(26)10-23-19(28)14-9-13(21)4-5-15(14)22/h4-5,9,12,16H,6-8,10-11H2,1-3H3,(H,23,28)(H,24,26). The van der Waals surface area contributed by atoms with Crippen LogP contribution in [0.2, 0.25) is 10.0 Å². The molecule has 164 valence electrons. The van der Waals surface area contributed by atoms with Crippen molar-refractivity contribution in [2.75, 3.05) is 33.3 Å². The van der Waals surface area contributed by atoms with Crippen molar-refractivity contribution < 1.29 is 23.7 Å². The van der Waals surface area contributed by atoms with Gasteiger partial charge < -0.3 is 19.9 Å². The van der Waals surface area contributed by atoms with Crippen molar-refractivity contribution in [3.05, 3.63) is 33.8 Å². The fourth-order valence-corrected chi connectivity index (χ4v) is 3.33. The number of amides is 2. The van der Waals surface area contributed by atoms with Gasteiger partial charge in [0.1, 0.15) is 0 Å². The Hall–Kier alpha value is -1.81. The molecule has 1 aromatic rings. The van der Waals surface area contributed by atoms with E-state index in [9.17, 15) is 14.4 Å². The van der Waals surface area contributed by atoms with Crippen LogP contribution in [-0.2, 0) is 18.9 Å². The van der Waals surface area contributed by atoms with Gasteiger partial charge in [0, 0.05) is 18.2 Å². The zero-order valence-electron chi connectivity index (χ0n) is 17.2. The smallest absolute Gasteiger partial charge is 0.507 e. The molecule has 1 aliphatic heterocycles. The zero-order chi connectivity index (χ0) is 22.3. The molecule has 1 atom stereocenters. The number of likely N-dealkylation sites (N-methyl/N-ethyl adjacent to an activating group) is 1. The van der Waals surface area contributed by atoms with Crippen molar-refractivity contribution in [1.29, 1.82) is 0 Å². The van der Waals surface area contributed by atoms with Gasteiger partial charge in [0.15, 0.2) is 0 Å². The van der Waals surface area contributed by atoms with Crippen LogP contribution < -0.4 is 10.6 Å². The van der Waals surface area contributed by atoms with E-state index in [1.165, 1.54) is 12.1 Å². The number of nitrogens with one attached hydrogen (secondary N) is 2. The van der Waals surface area contributed by atoms with Crippen molar-refractivity contribution in [3.63, 3.8) is 0 Å². The van der Waals surface area contributed by atoms with E-state index < -0.39 is 30.8 Å². The summed E-state index contributed by atoms with van der Waals surface area (Å²) in [6, 6.07) is 4.50. The first-order chi connectivity index (χ1) is 14.2. The number of hydrogen-bond donors (Lipinski definition) is 2. The molecular weight excluding hydrogens is 432 g/mol. The van der Waals surface area contributed by atoms with Gasteiger partial charge in [-0.1, -0.05) is 37.0 Å². The highest BCUT2D eigenvalue weighted by Crippen LogP contribution is 2.20. The number of carbonyl (C=O) groups is 3. The van der Waals surface area contributed by atoms with E-state index >= 15 is 0 Å². The highest BCUT2D eigenvalue weighted by atomic mass is 35.5. The van der Waals surface area contributed by atoms with Crippen molar-refractivity contribution in [1.82, 2.24) is 15.5 Å². The Labute approximate surface area is 186 Å². The molecule has 1 aromatic carbocycles. The molecule has 1 unspecified atom stereocenters. The monoisotopic (exact) mass is 457 g/mol. The van der Waals surface area contributed by atoms with Crippen LogP contribution in [0.25, 0.3) is 0 Å². The Morgan fingerprint density at radius 3 is 2.73 bits per heavy atom. The number of nitrogens with zero attached hydrogens (tertiary/aromatic N) is 1. The van der Waals surface area contributed by atoms with Gasteiger partial charge in [0.2, 0.25) is 5.91 Å². The van der Waals surface area contributed by atoms with Crippen molar-refractivity contribution in [3.8, 4) is 0 Å². The molecule has 1 fully saturated rings. The third-order valence-electron chi connectivity index (χ3n) is 4.38. The second kappa shape index (κ2) is 11.5. The summed E-state index contributed by atoms with van der Waals surface area (Å²) >= 11 is 11.9. The van der Waals surface area contributed by atoms with Crippen LogP contribution in [0.4, 0.5) is 0 Å². The van der Waals surface area contributed by atoms with Crippen molar-refractivity contribution in [2.24, 2.45) is 5.92 Å². The van der Waals surface area contributed by atoms with E-state index in [1.54, 1.807) is 18.0 Å². The maximum Gasteiger partial charge on any atom is 0.551 e. The van der Waals surface area contributed by atoms with Crippen LogP contribution in [0.15, 0.2) is 18.2 Å². The summed E-state index contributed by atoms with van der Waals surface area (Å²) in [6.07, 6.45) is 0.535. The average molecular weight is 458 g/mol. The minimum absolute atomic E-state index is 0.151. The molecule has 30 heavy (non-hydrogen) atoms. The molecule has 0 saturated carbocycles. The average Bonchev–Trinajstić information content (AvgIpc) is 2.64. The normalized spacial score (nSPS) is 16.5. The summed E-state index contributed by atoms with van der Waals surface area (Å²) < 4.78 is 11.1. The highest BCUT2D eigenvalue weighted by Gasteiger charge is 2.37. The molecule has 0 spiro atoms. The summed E-state index contributed by atoms with van der Waals surface area (Å²) in [5, 5.41) is 5.91. The van der Waals surface area contributed by atoms with Crippen LogP contribution >= 0.6 is 23.2 Å². The maximum atomic E-state index is 12.5. The molecule has 2 N–H and O–H groups in total. The molecule has 0 aliphatic carbocycles. The zero-order valence-corrected chi connectivity index (χ0v) is 18.8. The lowest BCUT2D eigenvalue weighted by molar-refractivity contribution is -0.138. The number of carbonyl (C=O) groups excluding carboxylic acids is 3. The molecule has 0 bridgehead atoms. The molecule has 2 rings (SSSR count). The van der Waals surface area contributed by atoms with Crippen LogP contribution in [0.5, 0.6) is 0 Å². The largest absolute Gasteiger partial charge is 0.551 e. The summed E-state index contributed by atoms with van der Waals surface area (Å²) in [5.74, 6) is -1.71. The van der Waals surface area contributed by atoms with E-state index in [1.807, 2.05) is 13.8 Å². The summed E-state index contributed by atoms with van der Waals surface area (Å²) in [4.78, 5) is 38.6. The highest BCUT2D eigenvalue weighted by molar-refractivity contribution is 6.49. The Morgan fingerprint density at radius 1 is 1.30 bits per heavy atom. The first-order valence-corrected chi connectivity index (χ1v) is 10.4. The first kappa shape index (κ1) is 24.5. The summed E-state index contributed by atoms with van der Waals surface area (Å²) in [7, 11) is 0.906. The SMILES string of the molecule is CC(C)CC(NC(=O)CNC(=O)c1cc(Cl)ccc1Cl)B1OCCN(C)CC(=O)O1. The molecular formula is C19H26BCl2N3O5. The maximum absolute atomic E-state index is 12.5. The second-order valence-corrected chi connectivity index (χ2v) is 8.42. The minimum Gasteiger partial charge on any atom is -0.507 e. The van der Waals surface area contributed by atoms with Gasteiger partial charge in [-0.05, 0) is 37.6 Å². The Balaban J connectivity index is 1.98. The third kappa shape index (κ3) is 7.79. The van der Waals surface area contributed by atoms with Crippen LogP contribution in [-0.4, -0.2) is 69.0 Å². The van der Waals surface area contributed by atoms with E-state index in [0.29, 0.717) is 24.6 Å². The quantitative estimate of drug-likeness (QED) is 0.606. The van der Waals surface area contributed by atoms with E-state index in [2.05, 4.69) is 10.6 Å². The molecule has 0 radical (unpaired) electrons. The molecule has 0 aromatic heterocycles. The molecule has 1 heterocycles. The second-order valence-electron chi connectivity index (χ2n) is 7.58. The fourth-order valence-electron chi connectivity index (χ4n) is 2.95. The number of rotatable bonds is 7. The number of hydrogen-bond acceptors (Lipinski definition) is 6. The van der Waals surface area contributed by atoms with Crippen molar-refractivity contribution >= 4 is 48.1 Å². The summed E-state index contributed by atoms with van der Waals surface area (Å²) in [6.45, 7) is 4.78. The predicted octanol–water partition coefficient (Wildman–Crippen LogP) is 1.79.